The fraction of sp³-hybridized carbons (Fsp3) is 0.455. The maximum Gasteiger partial charge on any atom is 0.161 e. The van der Waals surface area contributed by atoms with E-state index in [9.17, 15) is 0 Å². The molecule has 0 spiro atoms. The molecule has 0 aromatic heterocycles. The highest BCUT2D eigenvalue weighted by Crippen LogP contribution is 2.29. The molecule has 0 N–H and O–H groups in total. The maximum absolute atomic E-state index is 5.75. The molecule has 1 aromatic carbocycles. The minimum atomic E-state index is 0.479. The third-order valence-corrected chi connectivity index (χ3v) is 2.44. The van der Waals surface area contributed by atoms with E-state index in [2.05, 4.69) is 0 Å². The summed E-state index contributed by atoms with van der Waals surface area (Å²) in [5.41, 5.74) is 1.03. The molecule has 1 aromatic rings. The average Bonchev–Trinajstić information content (AvgIpc) is 2.39. The number of benzene rings is 1. The van der Waals surface area contributed by atoms with Gasteiger partial charge in [-0.1, -0.05) is 6.07 Å². The van der Waals surface area contributed by atoms with Crippen LogP contribution >= 0.6 is 11.6 Å². The van der Waals surface area contributed by atoms with Gasteiger partial charge in [-0.25, -0.2) is 0 Å². The number of halogens is 1. The number of alkyl halides is 1. The lowest BCUT2D eigenvalue weighted by Gasteiger charge is -2.10. The first kappa shape index (κ1) is 10.6. The molecule has 3 nitrogen and oxygen atoms in total. The molecule has 1 aliphatic rings. The molecule has 0 bridgehead atoms. The number of ether oxygens (including phenoxy) is 3. The van der Waals surface area contributed by atoms with Crippen LogP contribution in [0.4, 0.5) is 0 Å². The Bertz CT molecular complexity index is 328. The fourth-order valence-electron chi connectivity index (χ4n) is 1.39. The monoisotopic (exact) mass is 228 g/mol. The highest BCUT2D eigenvalue weighted by atomic mass is 35.5. The SMILES string of the molecule is ClCc1ccc2c(c1)OCCOCCO2. The van der Waals surface area contributed by atoms with Gasteiger partial charge in [0.1, 0.15) is 13.2 Å². The Morgan fingerprint density at radius 2 is 1.73 bits per heavy atom. The van der Waals surface area contributed by atoms with E-state index in [1.807, 2.05) is 18.2 Å². The zero-order chi connectivity index (χ0) is 10.5. The molecule has 0 aliphatic carbocycles. The molecular formula is C11H13ClO3. The van der Waals surface area contributed by atoms with E-state index >= 15 is 0 Å². The van der Waals surface area contributed by atoms with Crippen LogP contribution in [0.5, 0.6) is 11.5 Å². The number of fused-ring (bicyclic) bond motifs is 1. The zero-order valence-electron chi connectivity index (χ0n) is 8.37. The van der Waals surface area contributed by atoms with Crippen LogP contribution in [-0.4, -0.2) is 26.4 Å². The molecule has 2 rings (SSSR count). The molecule has 1 heterocycles. The molecule has 0 amide bonds. The van der Waals surface area contributed by atoms with E-state index in [-0.39, 0.29) is 0 Å². The first-order valence-electron chi connectivity index (χ1n) is 4.92. The summed E-state index contributed by atoms with van der Waals surface area (Å²) in [6.07, 6.45) is 0. The minimum absolute atomic E-state index is 0.479. The second-order valence-electron chi connectivity index (χ2n) is 3.22. The predicted molar refractivity (Wildman–Crippen MR) is 57.8 cm³/mol. The van der Waals surface area contributed by atoms with Crippen molar-refractivity contribution < 1.29 is 14.2 Å². The van der Waals surface area contributed by atoms with Crippen LogP contribution in [0.15, 0.2) is 18.2 Å². The molecule has 4 heteroatoms. The fourth-order valence-corrected chi connectivity index (χ4v) is 1.56. The average molecular weight is 229 g/mol. The van der Waals surface area contributed by atoms with Crippen molar-refractivity contribution in [1.82, 2.24) is 0 Å². The van der Waals surface area contributed by atoms with Crippen LogP contribution in [0, 0.1) is 0 Å². The molecule has 0 saturated heterocycles. The molecule has 0 unspecified atom stereocenters. The Morgan fingerprint density at radius 1 is 1.00 bits per heavy atom. The van der Waals surface area contributed by atoms with Crippen molar-refractivity contribution in [1.29, 1.82) is 0 Å². The van der Waals surface area contributed by atoms with Gasteiger partial charge in [0.25, 0.3) is 0 Å². The molecule has 0 atom stereocenters. The van der Waals surface area contributed by atoms with Crippen LogP contribution in [-0.2, 0) is 10.6 Å². The van der Waals surface area contributed by atoms with Crippen molar-refractivity contribution in [2.45, 2.75) is 5.88 Å². The largest absolute Gasteiger partial charge is 0.487 e. The van der Waals surface area contributed by atoms with E-state index in [0.29, 0.717) is 32.3 Å². The number of hydrogen-bond acceptors (Lipinski definition) is 3. The third kappa shape index (κ3) is 2.76. The van der Waals surface area contributed by atoms with Crippen molar-refractivity contribution in [2.75, 3.05) is 26.4 Å². The lowest BCUT2D eigenvalue weighted by molar-refractivity contribution is 0.0877. The van der Waals surface area contributed by atoms with Gasteiger partial charge in [-0.15, -0.1) is 11.6 Å². The van der Waals surface area contributed by atoms with Crippen molar-refractivity contribution >= 4 is 11.6 Å². The zero-order valence-corrected chi connectivity index (χ0v) is 9.13. The van der Waals surface area contributed by atoms with Gasteiger partial charge in [0.2, 0.25) is 0 Å². The van der Waals surface area contributed by atoms with Crippen molar-refractivity contribution in [3.63, 3.8) is 0 Å². The van der Waals surface area contributed by atoms with Crippen molar-refractivity contribution in [3.05, 3.63) is 23.8 Å². The van der Waals surface area contributed by atoms with Gasteiger partial charge >= 0.3 is 0 Å². The van der Waals surface area contributed by atoms with Crippen LogP contribution < -0.4 is 9.47 Å². The maximum atomic E-state index is 5.75. The smallest absolute Gasteiger partial charge is 0.161 e. The lowest BCUT2D eigenvalue weighted by Crippen LogP contribution is -2.08. The lowest BCUT2D eigenvalue weighted by atomic mass is 10.2. The third-order valence-electron chi connectivity index (χ3n) is 2.13. The quantitative estimate of drug-likeness (QED) is 0.690. The molecule has 0 saturated carbocycles. The molecule has 0 fully saturated rings. The summed E-state index contributed by atoms with van der Waals surface area (Å²) in [4.78, 5) is 0. The Kier molecular flexibility index (Phi) is 3.69. The Balaban J connectivity index is 2.21. The summed E-state index contributed by atoms with van der Waals surface area (Å²) in [7, 11) is 0. The summed E-state index contributed by atoms with van der Waals surface area (Å²) in [5.74, 6) is 1.99. The van der Waals surface area contributed by atoms with Gasteiger partial charge in [-0.05, 0) is 17.7 Å². The van der Waals surface area contributed by atoms with Crippen molar-refractivity contribution in [2.24, 2.45) is 0 Å². The molecule has 15 heavy (non-hydrogen) atoms. The first-order valence-corrected chi connectivity index (χ1v) is 5.46. The summed E-state index contributed by atoms with van der Waals surface area (Å²) in [6, 6.07) is 5.74. The predicted octanol–water partition coefficient (Wildman–Crippen LogP) is 2.21. The topological polar surface area (TPSA) is 27.7 Å². The Labute approximate surface area is 93.9 Å². The highest BCUT2D eigenvalue weighted by molar-refractivity contribution is 6.17. The second kappa shape index (κ2) is 5.24. The normalized spacial score (nSPS) is 16.3. The van der Waals surface area contributed by atoms with Gasteiger partial charge in [0.15, 0.2) is 11.5 Å². The summed E-state index contributed by atoms with van der Waals surface area (Å²) in [6.45, 7) is 2.28. The molecular weight excluding hydrogens is 216 g/mol. The van der Waals surface area contributed by atoms with Gasteiger partial charge in [0.05, 0.1) is 13.2 Å². The van der Waals surface area contributed by atoms with Crippen LogP contribution in [0.1, 0.15) is 5.56 Å². The van der Waals surface area contributed by atoms with Gasteiger partial charge in [-0.2, -0.15) is 0 Å². The number of rotatable bonds is 1. The van der Waals surface area contributed by atoms with E-state index < -0.39 is 0 Å². The highest BCUT2D eigenvalue weighted by Gasteiger charge is 2.08. The molecule has 0 radical (unpaired) electrons. The van der Waals surface area contributed by atoms with E-state index in [0.717, 1.165) is 17.1 Å². The van der Waals surface area contributed by atoms with Crippen LogP contribution in [0.25, 0.3) is 0 Å². The number of hydrogen-bond donors (Lipinski definition) is 0. The Morgan fingerprint density at radius 3 is 2.47 bits per heavy atom. The van der Waals surface area contributed by atoms with Crippen LogP contribution in [0.2, 0.25) is 0 Å². The summed E-state index contributed by atoms with van der Waals surface area (Å²) in [5, 5.41) is 0. The standard InChI is InChI=1S/C11H13ClO3/c12-8-9-1-2-10-11(7-9)15-6-4-13-3-5-14-10/h1-2,7H,3-6,8H2. The summed E-state index contributed by atoms with van der Waals surface area (Å²) < 4.78 is 16.3. The van der Waals surface area contributed by atoms with E-state index in [1.54, 1.807) is 0 Å². The second-order valence-corrected chi connectivity index (χ2v) is 3.49. The summed E-state index contributed by atoms with van der Waals surface area (Å²) >= 11 is 5.75. The molecule has 82 valence electrons. The minimum Gasteiger partial charge on any atom is -0.487 e. The first-order chi connectivity index (χ1) is 7.40. The van der Waals surface area contributed by atoms with Crippen molar-refractivity contribution in [3.8, 4) is 11.5 Å². The van der Waals surface area contributed by atoms with E-state index in [4.69, 9.17) is 25.8 Å². The molecule has 1 aliphatic heterocycles. The van der Waals surface area contributed by atoms with Crippen LogP contribution in [0.3, 0.4) is 0 Å². The van der Waals surface area contributed by atoms with Gasteiger partial charge < -0.3 is 14.2 Å². The van der Waals surface area contributed by atoms with E-state index in [1.165, 1.54) is 0 Å². The van der Waals surface area contributed by atoms with Gasteiger partial charge in [0, 0.05) is 5.88 Å². The van der Waals surface area contributed by atoms with Gasteiger partial charge in [-0.3, -0.25) is 0 Å². The Hall–Kier alpha value is -0.930.